The van der Waals surface area contributed by atoms with E-state index in [0.717, 1.165) is 32.7 Å². The van der Waals surface area contributed by atoms with Crippen molar-refractivity contribution in [3.8, 4) is 11.5 Å². The Hall–Kier alpha value is -3.85. The molecule has 0 spiro atoms. The molecule has 1 unspecified atom stereocenters. The third-order valence-electron chi connectivity index (χ3n) is 7.63. The monoisotopic (exact) mass is 583 g/mol. The number of amides is 1. The second kappa shape index (κ2) is 13.9. The van der Waals surface area contributed by atoms with Crippen molar-refractivity contribution < 1.29 is 19.4 Å². The van der Waals surface area contributed by atoms with Gasteiger partial charge in [0.05, 0.1) is 16.2 Å². The third kappa shape index (κ3) is 7.31. The van der Waals surface area contributed by atoms with Gasteiger partial charge in [0.1, 0.15) is 11.5 Å². The summed E-state index contributed by atoms with van der Waals surface area (Å²) in [6.45, 7) is 8.65. The summed E-state index contributed by atoms with van der Waals surface area (Å²) in [6.07, 6.45) is 0. The minimum atomic E-state index is -0.443. The number of thioether (sulfide) groups is 1. The van der Waals surface area contributed by atoms with Gasteiger partial charge in [0.15, 0.2) is 0 Å². The summed E-state index contributed by atoms with van der Waals surface area (Å²) < 4.78 is 5.24. The number of hydrogen-bond donors (Lipinski definition) is 2. The van der Waals surface area contributed by atoms with Gasteiger partial charge >= 0.3 is 5.97 Å². The molecule has 1 aliphatic rings. The zero-order valence-corrected chi connectivity index (χ0v) is 24.8. The van der Waals surface area contributed by atoms with Crippen molar-refractivity contribution in [1.82, 2.24) is 15.1 Å². The molecule has 0 aliphatic carbocycles. The fourth-order valence-corrected chi connectivity index (χ4v) is 6.78. The molecular weight excluding hydrogens is 546 g/mol. The number of ether oxygens (including phenoxy) is 1. The SMILES string of the molecule is CC(=O)Oc1cccc2cc(C(=O)NCCN3CCN(C(C)SC(c4ccccc4)c4ccccc4)CC3)c(O)cc12. The highest BCUT2D eigenvalue weighted by atomic mass is 32.2. The molecular formula is C34H37N3O4S. The van der Waals surface area contributed by atoms with Crippen LogP contribution in [0.2, 0.25) is 0 Å². The summed E-state index contributed by atoms with van der Waals surface area (Å²) in [4.78, 5) is 29.2. The van der Waals surface area contributed by atoms with E-state index in [9.17, 15) is 14.7 Å². The largest absolute Gasteiger partial charge is 0.507 e. The van der Waals surface area contributed by atoms with Crippen LogP contribution in [-0.4, -0.2) is 71.4 Å². The maximum absolute atomic E-state index is 12.9. The minimum absolute atomic E-state index is 0.149. The summed E-state index contributed by atoms with van der Waals surface area (Å²) >= 11 is 1.99. The number of benzene rings is 4. The van der Waals surface area contributed by atoms with E-state index in [1.54, 1.807) is 18.2 Å². The van der Waals surface area contributed by atoms with Crippen LogP contribution in [0.1, 0.15) is 40.6 Å². The first-order valence-corrected chi connectivity index (χ1v) is 15.3. The molecule has 218 valence electrons. The summed E-state index contributed by atoms with van der Waals surface area (Å²) in [5.41, 5.74) is 2.83. The first-order valence-electron chi connectivity index (χ1n) is 14.3. The predicted octanol–water partition coefficient (Wildman–Crippen LogP) is 5.69. The Kier molecular flexibility index (Phi) is 9.79. The van der Waals surface area contributed by atoms with Gasteiger partial charge in [-0.1, -0.05) is 72.8 Å². The number of fused-ring (bicyclic) bond motifs is 1. The molecule has 5 rings (SSSR count). The molecule has 4 aromatic rings. The molecule has 0 aromatic heterocycles. The number of rotatable bonds is 10. The number of aromatic hydroxyl groups is 1. The molecule has 0 bridgehead atoms. The number of piperazine rings is 1. The van der Waals surface area contributed by atoms with Crippen LogP contribution in [0.4, 0.5) is 0 Å². The second-order valence-corrected chi connectivity index (χ2v) is 11.9. The Labute approximate surface area is 251 Å². The fraction of sp³-hybridized carbons (Fsp3) is 0.294. The number of carbonyl (C=O) groups is 2. The number of esters is 1. The van der Waals surface area contributed by atoms with Crippen LogP contribution in [0, 0.1) is 0 Å². The number of nitrogens with zero attached hydrogens (tertiary/aromatic N) is 2. The lowest BCUT2D eigenvalue weighted by molar-refractivity contribution is -0.131. The highest BCUT2D eigenvalue weighted by molar-refractivity contribution is 8.00. The molecule has 1 fully saturated rings. The summed E-state index contributed by atoms with van der Waals surface area (Å²) in [7, 11) is 0. The van der Waals surface area contributed by atoms with Crippen LogP contribution in [0.3, 0.4) is 0 Å². The number of nitrogens with one attached hydrogen (secondary N) is 1. The number of carbonyl (C=O) groups excluding carboxylic acids is 2. The molecule has 42 heavy (non-hydrogen) atoms. The van der Waals surface area contributed by atoms with E-state index >= 15 is 0 Å². The maximum atomic E-state index is 12.9. The van der Waals surface area contributed by atoms with E-state index < -0.39 is 5.97 Å². The Morgan fingerprint density at radius 2 is 1.55 bits per heavy atom. The molecule has 8 heteroatoms. The van der Waals surface area contributed by atoms with Crippen molar-refractivity contribution in [2.75, 3.05) is 39.3 Å². The Balaban J connectivity index is 1.12. The molecule has 1 aliphatic heterocycles. The molecule has 0 radical (unpaired) electrons. The molecule has 1 atom stereocenters. The van der Waals surface area contributed by atoms with E-state index in [0.29, 0.717) is 28.4 Å². The summed E-state index contributed by atoms with van der Waals surface area (Å²) in [5.74, 6) is -0.570. The first-order chi connectivity index (χ1) is 20.4. The van der Waals surface area contributed by atoms with E-state index in [1.165, 1.54) is 24.1 Å². The van der Waals surface area contributed by atoms with Gasteiger partial charge in [0.2, 0.25) is 0 Å². The lowest BCUT2D eigenvalue weighted by atomic mass is 10.0. The van der Waals surface area contributed by atoms with Crippen molar-refractivity contribution >= 4 is 34.4 Å². The standard InChI is InChI=1S/C34H37N3O4S/c1-24(42-33(26-10-5-3-6-11-26)27-12-7-4-8-13-27)37-20-18-36(19-21-37)17-16-35-34(40)30-22-28-14-9-15-32(41-25(2)38)29(28)23-31(30)39/h3-15,22-24,33,39H,16-21H2,1-2H3,(H,35,40). The van der Waals surface area contributed by atoms with Crippen molar-refractivity contribution in [1.29, 1.82) is 0 Å². The van der Waals surface area contributed by atoms with Crippen molar-refractivity contribution in [3.05, 3.63) is 108 Å². The van der Waals surface area contributed by atoms with Gasteiger partial charge in [-0.2, -0.15) is 0 Å². The molecule has 0 saturated carbocycles. The van der Waals surface area contributed by atoms with Crippen LogP contribution in [0.25, 0.3) is 10.8 Å². The van der Waals surface area contributed by atoms with Gasteiger partial charge < -0.3 is 15.2 Å². The van der Waals surface area contributed by atoms with Crippen LogP contribution in [-0.2, 0) is 4.79 Å². The molecule has 4 aromatic carbocycles. The topological polar surface area (TPSA) is 82.1 Å². The van der Waals surface area contributed by atoms with Gasteiger partial charge in [-0.3, -0.25) is 19.4 Å². The molecule has 7 nitrogen and oxygen atoms in total. The zero-order valence-electron chi connectivity index (χ0n) is 24.0. The Morgan fingerprint density at radius 3 is 2.17 bits per heavy atom. The van der Waals surface area contributed by atoms with Gasteiger partial charge in [-0.15, -0.1) is 11.8 Å². The van der Waals surface area contributed by atoms with Crippen LogP contribution < -0.4 is 10.1 Å². The van der Waals surface area contributed by atoms with Crippen LogP contribution in [0.5, 0.6) is 11.5 Å². The molecule has 1 saturated heterocycles. The number of phenols is 1. The molecule has 2 N–H and O–H groups in total. The Morgan fingerprint density at radius 1 is 0.905 bits per heavy atom. The van der Waals surface area contributed by atoms with Crippen molar-refractivity contribution in [2.24, 2.45) is 0 Å². The van der Waals surface area contributed by atoms with Crippen LogP contribution in [0.15, 0.2) is 91.0 Å². The van der Waals surface area contributed by atoms with Crippen molar-refractivity contribution in [2.45, 2.75) is 24.5 Å². The number of phenolic OH excluding ortho intramolecular Hbond substituents is 1. The second-order valence-electron chi connectivity index (χ2n) is 10.5. The minimum Gasteiger partial charge on any atom is -0.507 e. The first kappa shape index (κ1) is 29.6. The van der Waals surface area contributed by atoms with Crippen molar-refractivity contribution in [3.63, 3.8) is 0 Å². The summed E-state index contributed by atoms with van der Waals surface area (Å²) in [5, 5.41) is 15.4. The van der Waals surface area contributed by atoms with E-state index in [4.69, 9.17) is 4.74 Å². The fourth-order valence-electron chi connectivity index (χ4n) is 5.37. The zero-order chi connectivity index (χ0) is 29.5. The third-order valence-corrected chi connectivity index (χ3v) is 9.14. The van der Waals surface area contributed by atoms with E-state index in [1.807, 2.05) is 17.8 Å². The molecule has 1 heterocycles. The Bertz CT molecular complexity index is 1470. The van der Waals surface area contributed by atoms with E-state index in [-0.39, 0.29) is 22.5 Å². The van der Waals surface area contributed by atoms with Crippen LogP contribution >= 0.6 is 11.8 Å². The average Bonchev–Trinajstić information content (AvgIpc) is 3.00. The maximum Gasteiger partial charge on any atom is 0.308 e. The highest BCUT2D eigenvalue weighted by Crippen LogP contribution is 2.39. The highest BCUT2D eigenvalue weighted by Gasteiger charge is 2.25. The smallest absolute Gasteiger partial charge is 0.308 e. The average molecular weight is 584 g/mol. The lowest BCUT2D eigenvalue weighted by Crippen LogP contribution is -2.50. The van der Waals surface area contributed by atoms with Gasteiger partial charge in [0.25, 0.3) is 5.91 Å². The molecule has 1 amide bonds. The quantitative estimate of drug-likeness (QED) is 0.183. The van der Waals surface area contributed by atoms with Gasteiger partial charge in [-0.05, 0) is 41.6 Å². The normalized spacial score (nSPS) is 15.0. The van der Waals surface area contributed by atoms with Gasteiger partial charge in [0, 0.05) is 51.6 Å². The number of hydrogen-bond acceptors (Lipinski definition) is 7. The van der Waals surface area contributed by atoms with E-state index in [2.05, 4.69) is 82.7 Å². The lowest BCUT2D eigenvalue weighted by Gasteiger charge is -2.39. The summed E-state index contributed by atoms with van der Waals surface area (Å²) in [6, 6.07) is 29.7. The predicted molar refractivity (Wildman–Crippen MR) is 169 cm³/mol. The van der Waals surface area contributed by atoms with Gasteiger partial charge in [-0.25, -0.2) is 0 Å².